The maximum atomic E-state index is 13.6. The molecule has 3 fully saturated rings. The predicted molar refractivity (Wildman–Crippen MR) is 134 cm³/mol. The van der Waals surface area contributed by atoms with Crippen molar-refractivity contribution in [2.45, 2.75) is 49.7 Å². The monoisotopic (exact) mass is 554 g/mol. The van der Waals surface area contributed by atoms with Crippen LogP contribution >= 0.6 is 0 Å². The molecule has 2 aromatic rings. The Morgan fingerprint density at radius 1 is 0.795 bits per heavy atom. The van der Waals surface area contributed by atoms with Gasteiger partial charge in [-0.25, -0.2) is 0 Å². The fourth-order valence-electron chi connectivity index (χ4n) is 5.95. The lowest BCUT2D eigenvalue weighted by atomic mass is 9.90. The van der Waals surface area contributed by atoms with Gasteiger partial charge in [0, 0.05) is 69.5 Å². The smallest absolute Gasteiger partial charge is 0.335 e. The molecule has 0 aliphatic carbocycles. The highest BCUT2D eigenvalue weighted by atomic mass is 19.4. The minimum absolute atomic E-state index is 0.0593. The molecular formula is C28H32F6N4O. The Morgan fingerprint density at radius 2 is 1.36 bits per heavy atom. The minimum Gasteiger partial charge on any atom is -0.335 e. The molecule has 3 saturated heterocycles. The molecule has 3 aliphatic rings. The lowest BCUT2D eigenvalue weighted by Gasteiger charge is -2.48. The largest absolute Gasteiger partial charge is 0.416 e. The summed E-state index contributed by atoms with van der Waals surface area (Å²) in [6.07, 6.45) is -8.32. The first-order valence-electron chi connectivity index (χ1n) is 13.3. The standard InChI is InChI=1S/C28H32F6N4O/c29-27(30,31)21-13-20(14-22(15-21)28(32,33)34)26(39)38-7-6-23(16-24(38)12-19-4-2-1-3-5-19)36-8-10-37(11-9-36)25-17-35-18-25/h1-5,13-15,23-25,35H,6-12,16-18H2/t23-,24+/m0/s1. The summed E-state index contributed by atoms with van der Waals surface area (Å²) in [6.45, 7) is 5.99. The predicted octanol–water partition coefficient (Wildman–Crippen LogP) is 4.53. The lowest BCUT2D eigenvalue weighted by Crippen LogP contribution is -2.63. The molecule has 39 heavy (non-hydrogen) atoms. The van der Waals surface area contributed by atoms with E-state index in [1.165, 1.54) is 4.90 Å². The first-order valence-corrected chi connectivity index (χ1v) is 13.3. The molecule has 11 heteroatoms. The molecule has 0 spiro atoms. The van der Waals surface area contributed by atoms with E-state index in [1.807, 2.05) is 30.3 Å². The first-order chi connectivity index (χ1) is 18.5. The van der Waals surface area contributed by atoms with Crippen molar-refractivity contribution in [3.05, 3.63) is 70.8 Å². The van der Waals surface area contributed by atoms with Gasteiger partial charge >= 0.3 is 12.4 Å². The van der Waals surface area contributed by atoms with E-state index < -0.39 is 35.0 Å². The van der Waals surface area contributed by atoms with Crippen LogP contribution in [0.4, 0.5) is 26.3 Å². The Kier molecular flexibility index (Phi) is 7.94. The number of nitrogens with zero attached hydrogens (tertiary/aromatic N) is 3. The van der Waals surface area contributed by atoms with Crippen LogP contribution in [-0.2, 0) is 18.8 Å². The van der Waals surface area contributed by atoms with Crippen molar-refractivity contribution in [3.8, 4) is 0 Å². The van der Waals surface area contributed by atoms with Gasteiger partial charge in [-0.1, -0.05) is 30.3 Å². The summed E-state index contributed by atoms with van der Waals surface area (Å²) in [5.41, 5.74) is -2.58. The molecule has 1 amide bonds. The fraction of sp³-hybridized carbons (Fsp3) is 0.536. The van der Waals surface area contributed by atoms with Gasteiger partial charge in [-0.3, -0.25) is 14.6 Å². The van der Waals surface area contributed by atoms with Crippen LogP contribution in [0.1, 0.15) is 39.9 Å². The van der Waals surface area contributed by atoms with Gasteiger partial charge in [0.15, 0.2) is 0 Å². The highest BCUT2D eigenvalue weighted by Gasteiger charge is 2.40. The van der Waals surface area contributed by atoms with E-state index in [1.54, 1.807) is 0 Å². The van der Waals surface area contributed by atoms with Crippen LogP contribution in [-0.4, -0.2) is 84.5 Å². The van der Waals surface area contributed by atoms with E-state index in [4.69, 9.17) is 0 Å². The van der Waals surface area contributed by atoms with Crippen LogP contribution in [0.3, 0.4) is 0 Å². The topological polar surface area (TPSA) is 38.8 Å². The number of carbonyl (C=O) groups excluding carboxylic acids is 1. The van der Waals surface area contributed by atoms with Crippen LogP contribution in [0.5, 0.6) is 0 Å². The van der Waals surface area contributed by atoms with Gasteiger partial charge in [0.1, 0.15) is 0 Å². The number of piperidine rings is 1. The molecule has 212 valence electrons. The molecule has 0 radical (unpaired) electrons. The maximum Gasteiger partial charge on any atom is 0.416 e. The zero-order chi connectivity index (χ0) is 27.8. The van der Waals surface area contributed by atoms with Crippen LogP contribution in [0.25, 0.3) is 0 Å². The quantitative estimate of drug-likeness (QED) is 0.552. The minimum atomic E-state index is -5.01. The summed E-state index contributed by atoms with van der Waals surface area (Å²) in [6, 6.07) is 11.0. The molecule has 2 aromatic carbocycles. The van der Waals surface area contributed by atoms with Gasteiger partial charge in [0.25, 0.3) is 5.91 Å². The zero-order valence-corrected chi connectivity index (χ0v) is 21.4. The third kappa shape index (κ3) is 6.41. The number of likely N-dealkylation sites (tertiary alicyclic amines) is 1. The van der Waals surface area contributed by atoms with Crippen molar-refractivity contribution in [3.63, 3.8) is 0 Å². The third-order valence-corrected chi connectivity index (χ3v) is 8.24. The number of hydrogen-bond donors (Lipinski definition) is 1. The average Bonchev–Trinajstić information content (AvgIpc) is 2.87. The number of halogens is 6. The molecule has 3 heterocycles. The summed E-state index contributed by atoms with van der Waals surface area (Å²) >= 11 is 0. The maximum absolute atomic E-state index is 13.6. The van der Waals surface area contributed by atoms with E-state index in [-0.39, 0.29) is 24.7 Å². The number of piperazine rings is 1. The first kappa shape index (κ1) is 27.9. The van der Waals surface area contributed by atoms with Crippen molar-refractivity contribution < 1.29 is 31.1 Å². The van der Waals surface area contributed by atoms with E-state index in [0.29, 0.717) is 37.4 Å². The molecule has 5 rings (SSSR count). The van der Waals surface area contributed by atoms with E-state index in [2.05, 4.69) is 15.1 Å². The normalized spacial score (nSPS) is 24.0. The number of alkyl halides is 6. The lowest BCUT2D eigenvalue weighted by molar-refractivity contribution is -0.143. The van der Waals surface area contributed by atoms with E-state index in [9.17, 15) is 31.1 Å². The van der Waals surface area contributed by atoms with Crippen molar-refractivity contribution >= 4 is 5.91 Å². The summed E-state index contributed by atoms with van der Waals surface area (Å²) in [5, 5.41) is 3.30. The number of rotatable bonds is 5. The van der Waals surface area contributed by atoms with Crippen molar-refractivity contribution in [1.82, 2.24) is 20.0 Å². The summed E-state index contributed by atoms with van der Waals surface area (Å²) in [5.74, 6) is -0.798. The second-order valence-corrected chi connectivity index (χ2v) is 10.7. The number of carbonyl (C=O) groups is 1. The third-order valence-electron chi connectivity index (χ3n) is 8.24. The molecule has 1 N–H and O–H groups in total. The van der Waals surface area contributed by atoms with Gasteiger partial charge in [-0.05, 0) is 43.0 Å². The number of nitrogens with one attached hydrogen (secondary N) is 1. The van der Waals surface area contributed by atoms with Crippen molar-refractivity contribution in [2.75, 3.05) is 45.8 Å². The van der Waals surface area contributed by atoms with Gasteiger partial charge in [-0.2, -0.15) is 26.3 Å². The molecule has 2 atom stereocenters. The van der Waals surface area contributed by atoms with Crippen LogP contribution in [0.2, 0.25) is 0 Å². The summed E-state index contributed by atoms with van der Waals surface area (Å²) in [7, 11) is 0. The Hall–Kier alpha value is -2.63. The summed E-state index contributed by atoms with van der Waals surface area (Å²) < 4.78 is 80.8. The highest BCUT2D eigenvalue weighted by molar-refractivity contribution is 5.95. The zero-order valence-electron chi connectivity index (χ0n) is 21.4. The van der Waals surface area contributed by atoms with Crippen LogP contribution in [0.15, 0.2) is 48.5 Å². The Bertz CT molecular complexity index is 1110. The van der Waals surface area contributed by atoms with Crippen molar-refractivity contribution in [2.24, 2.45) is 0 Å². The average molecular weight is 555 g/mol. The SMILES string of the molecule is O=C(c1cc(C(F)(F)F)cc(C(F)(F)F)c1)N1CC[C@H](N2CCN(C3CNC3)CC2)C[C@H]1Cc1ccccc1. The second kappa shape index (κ2) is 11.1. The number of hydrogen-bond acceptors (Lipinski definition) is 4. The molecule has 3 aliphatic heterocycles. The van der Waals surface area contributed by atoms with Gasteiger partial charge in [-0.15, -0.1) is 0 Å². The van der Waals surface area contributed by atoms with E-state index in [0.717, 1.165) is 44.8 Å². The molecule has 0 saturated carbocycles. The number of amides is 1. The van der Waals surface area contributed by atoms with Crippen molar-refractivity contribution in [1.29, 1.82) is 0 Å². The highest BCUT2D eigenvalue weighted by Crippen LogP contribution is 2.37. The second-order valence-electron chi connectivity index (χ2n) is 10.7. The van der Waals surface area contributed by atoms with Gasteiger partial charge < -0.3 is 10.2 Å². The molecule has 5 nitrogen and oxygen atoms in total. The molecular weight excluding hydrogens is 522 g/mol. The van der Waals surface area contributed by atoms with Gasteiger partial charge in [0.2, 0.25) is 0 Å². The number of benzene rings is 2. The van der Waals surface area contributed by atoms with E-state index >= 15 is 0 Å². The molecule has 0 unspecified atom stereocenters. The Labute approximate surface area is 223 Å². The molecule has 0 bridgehead atoms. The van der Waals surface area contributed by atoms with Crippen LogP contribution < -0.4 is 5.32 Å². The Morgan fingerprint density at radius 3 is 1.87 bits per heavy atom. The Balaban J connectivity index is 1.37. The molecule has 0 aromatic heterocycles. The fourth-order valence-corrected chi connectivity index (χ4v) is 5.95. The summed E-state index contributed by atoms with van der Waals surface area (Å²) in [4.78, 5) is 20.0. The van der Waals surface area contributed by atoms with Gasteiger partial charge in [0.05, 0.1) is 11.1 Å². The van der Waals surface area contributed by atoms with Crippen LogP contribution in [0, 0.1) is 0 Å².